The number of nitrogens with zero attached hydrogens (tertiary/aromatic N) is 5. The highest BCUT2D eigenvalue weighted by atomic mass is 35.5. The van der Waals surface area contributed by atoms with Crippen LogP contribution in [0.25, 0.3) is 0 Å². The number of carbonyl (C=O) groups is 1. The fourth-order valence-electron chi connectivity index (χ4n) is 2.80. The number of aryl methyl sites for hydroxylation is 2. The summed E-state index contributed by atoms with van der Waals surface area (Å²) >= 11 is 5.91. The number of rotatable bonds is 8. The van der Waals surface area contributed by atoms with Crippen molar-refractivity contribution in [3.05, 3.63) is 63.2 Å². The zero-order valence-corrected chi connectivity index (χ0v) is 16.6. The highest BCUT2D eigenvalue weighted by Crippen LogP contribution is 2.22. The summed E-state index contributed by atoms with van der Waals surface area (Å²) in [5, 5.41) is 22.6. The van der Waals surface area contributed by atoms with Crippen molar-refractivity contribution in [3.63, 3.8) is 0 Å². The number of carbonyl (C=O) groups excluding carboxylic acids is 1. The van der Waals surface area contributed by atoms with Crippen LogP contribution >= 0.6 is 11.6 Å². The Balaban J connectivity index is 1.51. The monoisotopic (exact) mass is 418 g/mol. The van der Waals surface area contributed by atoms with E-state index in [2.05, 4.69) is 15.5 Å². The molecule has 0 radical (unpaired) electrons. The zero-order chi connectivity index (χ0) is 21.0. The highest BCUT2D eigenvalue weighted by molar-refractivity contribution is 6.30. The van der Waals surface area contributed by atoms with E-state index < -0.39 is 4.92 Å². The van der Waals surface area contributed by atoms with Crippen molar-refractivity contribution in [2.75, 3.05) is 5.32 Å². The molecule has 0 aliphatic rings. The lowest BCUT2D eigenvalue weighted by molar-refractivity contribution is -0.386. The molecule has 152 valence electrons. The van der Waals surface area contributed by atoms with E-state index in [1.807, 2.05) is 0 Å². The van der Waals surface area contributed by atoms with Crippen LogP contribution in [0.2, 0.25) is 5.02 Å². The Bertz CT molecular complexity index is 1040. The molecule has 0 atom stereocenters. The summed E-state index contributed by atoms with van der Waals surface area (Å²) in [5.74, 6) is 0.355. The van der Waals surface area contributed by atoms with Gasteiger partial charge in [0.15, 0.2) is 6.73 Å². The van der Waals surface area contributed by atoms with E-state index in [0.717, 1.165) is 0 Å². The van der Waals surface area contributed by atoms with Crippen molar-refractivity contribution in [1.82, 2.24) is 19.6 Å². The predicted octanol–water partition coefficient (Wildman–Crippen LogP) is 3.32. The number of nitrogens with one attached hydrogen (secondary N) is 1. The molecule has 11 heteroatoms. The fraction of sp³-hybridized carbons (Fsp3) is 0.278. The minimum atomic E-state index is -0.464. The van der Waals surface area contributed by atoms with Crippen LogP contribution in [0.1, 0.15) is 17.8 Å². The molecular formula is C18H19ClN6O4. The van der Waals surface area contributed by atoms with Gasteiger partial charge in [0.25, 0.3) is 0 Å². The summed E-state index contributed by atoms with van der Waals surface area (Å²) in [7, 11) is 0. The van der Waals surface area contributed by atoms with Crippen LogP contribution in [0.15, 0.2) is 36.7 Å². The summed E-state index contributed by atoms with van der Waals surface area (Å²) in [5.41, 5.74) is 1.25. The smallest absolute Gasteiger partial charge is 0.312 e. The second-order valence-electron chi connectivity index (χ2n) is 6.30. The summed E-state index contributed by atoms with van der Waals surface area (Å²) in [6.07, 6.45) is 3.26. The van der Waals surface area contributed by atoms with Gasteiger partial charge in [0.05, 0.1) is 29.5 Å². The quantitative estimate of drug-likeness (QED) is 0.443. The first kappa shape index (κ1) is 20.3. The minimum absolute atomic E-state index is 0.0219. The topological polar surface area (TPSA) is 117 Å². The van der Waals surface area contributed by atoms with Crippen LogP contribution in [0.3, 0.4) is 0 Å². The molecular weight excluding hydrogens is 400 g/mol. The Hall–Kier alpha value is -3.40. The van der Waals surface area contributed by atoms with Gasteiger partial charge in [0, 0.05) is 11.4 Å². The largest absolute Gasteiger partial charge is 0.471 e. The van der Waals surface area contributed by atoms with Gasteiger partial charge in [-0.15, -0.1) is 0 Å². The molecule has 0 saturated heterocycles. The Kier molecular flexibility index (Phi) is 6.13. The molecule has 0 saturated carbocycles. The number of nitro groups is 1. The number of halogens is 1. The van der Waals surface area contributed by atoms with Gasteiger partial charge in [-0.05, 0) is 32.0 Å². The third-order valence-corrected chi connectivity index (χ3v) is 4.39. The zero-order valence-electron chi connectivity index (χ0n) is 15.8. The van der Waals surface area contributed by atoms with Crippen LogP contribution in [-0.2, 0) is 18.1 Å². The maximum Gasteiger partial charge on any atom is 0.312 e. The van der Waals surface area contributed by atoms with Gasteiger partial charge in [-0.2, -0.15) is 10.2 Å². The average molecular weight is 419 g/mol. The second-order valence-corrected chi connectivity index (χ2v) is 6.73. The first-order valence-corrected chi connectivity index (χ1v) is 9.10. The van der Waals surface area contributed by atoms with Crippen molar-refractivity contribution in [3.8, 4) is 5.75 Å². The molecule has 2 heterocycles. The van der Waals surface area contributed by atoms with Crippen LogP contribution in [0, 0.1) is 24.0 Å². The van der Waals surface area contributed by atoms with E-state index in [9.17, 15) is 14.9 Å². The molecule has 10 nitrogen and oxygen atoms in total. The fourth-order valence-corrected chi connectivity index (χ4v) is 2.98. The number of hydrogen-bond acceptors (Lipinski definition) is 6. The van der Waals surface area contributed by atoms with Gasteiger partial charge in [-0.25, -0.2) is 4.68 Å². The molecule has 1 aromatic carbocycles. The molecule has 0 aliphatic carbocycles. The van der Waals surface area contributed by atoms with Crippen LogP contribution in [0.4, 0.5) is 11.4 Å². The highest BCUT2D eigenvalue weighted by Gasteiger charge is 2.21. The Morgan fingerprint density at radius 2 is 2.17 bits per heavy atom. The van der Waals surface area contributed by atoms with Crippen LogP contribution in [0.5, 0.6) is 5.75 Å². The standard InChI is InChI=1S/C18H19ClN6O4/c1-12-18(25(27)28)13(2)24(22-12)7-6-17(26)21-15-9-20-23(10-15)11-29-16-5-3-4-14(19)8-16/h3-5,8-10H,6-7,11H2,1-2H3,(H,21,26). The minimum Gasteiger partial charge on any atom is -0.471 e. The first-order valence-electron chi connectivity index (χ1n) is 8.72. The third kappa shape index (κ3) is 5.11. The summed E-state index contributed by atoms with van der Waals surface area (Å²) in [6, 6.07) is 7.00. The van der Waals surface area contributed by atoms with Crippen molar-refractivity contribution in [2.45, 2.75) is 33.5 Å². The summed E-state index contributed by atoms with van der Waals surface area (Å²) < 4.78 is 8.58. The molecule has 2 aromatic heterocycles. The number of hydrogen-bond donors (Lipinski definition) is 1. The lowest BCUT2D eigenvalue weighted by Gasteiger charge is -2.06. The van der Waals surface area contributed by atoms with E-state index in [1.54, 1.807) is 44.3 Å². The van der Waals surface area contributed by atoms with E-state index in [4.69, 9.17) is 16.3 Å². The molecule has 0 bridgehead atoms. The van der Waals surface area contributed by atoms with Gasteiger partial charge in [0.1, 0.15) is 17.1 Å². The third-order valence-electron chi connectivity index (χ3n) is 4.15. The molecule has 0 unspecified atom stereocenters. The van der Waals surface area contributed by atoms with Crippen LogP contribution < -0.4 is 10.1 Å². The molecule has 0 fully saturated rings. The van der Waals surface area contributed by atoms with E-state index in [-0.39, 0.29) is 31.3 Å². The maximum atomic E-state index is 12.2. The van der Waals surface area contributed by atoms with Crippen molar-refractivity contribution >= 4 is 28.9 Å². The molecule has 1 N–H and O–H groups in total. The van der Waals surface area contributed by atoms with Gasteiger partial charge in [-0.1, -0.05) is 17.7 Å². The molecule has 3 rings (SSSR count). The van der Waals surface area contributed by atoms with E-state index in [0.29, 0.717) is 27.8 Å². The maximum absolute atomic E-state index is 12.2. The predicted molar refractivity (Wildman–Crippen MR) is 106 cm³/mol. The van der Waals surface area contributed by atoms with E-state index in [1.165, 1.54) is 15.6 Å². The number of ether oxygens (including phenoxy) is 1. The molecule has 1 amide bonds. The van der Waals surface area contributed by atoms with Crippen molar-refractivity contribution in [1.29, 1.82) is 0 Å². The summed E-state index contributed by atoms with van der Waals surface area (Å²) in [6.45, 7) is 3.57. The normalized spacial score (nSPS) is 10.7. The number of amides is 1. The van der Waals surface area contributed by atoms with Gasteiger partial charge >= 0.3 is 5.69 Å². The average Bonchev–Trinajstić information content (AvgIpc) is 3.21. The van der Waals surface area contributed by atoms with Crippen molar-refractivity contribution < 1.29 is 14.5 Å². The Morgan fingerprint density at radius 3 is 2.86 bits per heavy atom. The Labute approximate surface area is 171 Å². The Morgan fingerprint density at radius 1 is 1.38 bits per heavy atom. The lowest BCUT2D eigenvalue weighted by Crippen LogP contribution is -2.15. The SMILES string of the molecule is Cc1nn(CCC(=O)Nc2cnn(COc3cccc(Cl)c3)c2)c(C)c1[N+](=O)[O-]. The summed E-state index contributed by atoms with van der Waals surface area (Å²) in [4.78, 5) is 22.8. The molecule has 0 spiro atoms. The van der Waals surface area contributed by atoms with Gasteiger partial charge in [0.2, 0.25) is 5.91 Å². The van der Waals surface area contributed by atoms with Gasteiger partial charge < -0.3 is 10.1 Å². The molecule has 29 heavy (non-hydrogen) atoms. The van der Waals surface area contributed by atoms with Gasteiger partial charge in [-0.3, -0.25) is 19.6 Å². The van der Waals surface area contributed by atoms with E-state index >= 15 is 0 Å². The molecule has 0 aliphatic heterocycles. The molecule has 3 aromatic rings. The number of anilines is 1. The van der Waals surface area contributed by atoms with Crippen molar-refractivity contribution in [2.24, 2.45) is 0 Å². The number of aromatic nitrogens is 4. The first-order chi connectivity index (χ1) is 13.8. The van der Waals surface area contributed by atoms with Crippen LogP contribution in [-0.4, -0.2) is 30.4 Å². The second kappa shape index (κ2) is 8.74. The number of benzene rings is 1. The lowest BCUT2D eigenvalue weighted by atomic mass is 10.3.